The molecule has 156 valence electrons. The molecule has 0 saturated heterocycles. The summed E-state index contributed by atoms with van der Waals surface area (Å²) >= 11 is 0. The van der Waals surface area contributed by atoms with Gasteiger partial charge in [0.1, 0.15) is 17.6 Å². The molecule has 0 radical (unpaired) electrons. The van der Waals surface area contributed by atoms with Crippen molar-refractivity contribution < 1.29 is 18.7 Å². The van der Waals surface area contributed by atoms with E-state index in [9.17, 15) is 14.0 Å². The molecule has 1 unspecified atom stereocenters. The van der Waals surface area contributed by atoms with Gasteiger partial charge >= 0.3 is 0 Å². The van der Waals surface area contributed by atoms with E-state index >= 15 is 0 Å². The molecule has 1 N–H and O–H groups in total. The first-order valence-electron chi connectivity index (χ1n) is 9.87. The molecule has 2 aromatic carbocycles. The molecular weight excluding hydrogens is 371 g/mol. The maximum atomic E-state index is 14.1. The van der Waals surface area contributed by atoms with Gasteiger partial charge in [0.15, 0.2) is 6.61 Å². The largest absolute Gasteiger partial charge is 0.483 e. The molecule has 2 amide bonds. The zero-order chi connectivity index (χ0) is 21.4. The molecule has 2 aromatic rings. The van der Waals surface area contributed by atoms with Crippen LogP contribution in [-0.4, -0.2) is 35.9 Å². The molecule has 5 nitrogen and oxygen atoms in total. The predicted molar refractivity (Wildman–Crippen MR) is 111 cm³/mol. The molecule has 0 spiro atoms. The topological polar surface area (TPSA) is 58.6 Å². The third-order valence-corrected chi connectivity index (χ3v) is 4.71. The van der Waals surface area contributed by atoms with Crippen molar-refractivity contribution in [3.8, 4) is 5.75 Å². The lowest BCUT2D eigenvalue weighted by atomic mass is 10.0. The number of nitrogens with zero attached hydrogens (tertiary/aromatic N) is 1. The van der Waals surface area contributed by atoms with E-state index in [4.69, 9.17) is 4.74 Å². The Balaban J connectivity index is 2.20. The number of amides is 2. The minimum Gasteiger partial charge on any atom is -0.483 e. The van der Waals surface area contributed by atoms with Crippen LogP contribution in [0, 0.1) is 5.82 Å². The van der Waals surface area contributed by atoms with Gasteiger partial charge in [-0.1, -0.05) is 50.2 Å². The maximum absolute atomic E-state index is 14.1. The van der Waals surface area contributed by atoms with Gasteiger partial charge in [0.05, 0.1) is 0 Å². The van der Waals surface area contributed by atoms with Crippen LogP contribution in [-0.2, 0) is 16.1 Å². The highest BCUT2D eigenvalue weighted by Gasteiger charge is 2.27. The summed E-state index contributed by atoms with van der Waals surface area (Å²) in [5.41, 5.74) is 1.34. The lowest BCUT2D eigenvalue weighted by molar-refractivity contribution is -0.142. The number of rotatable bonds is 9. The van der Waals surface area contributed by atoms with Gasteiger partial charge in [-0.25, -0.2) is 4.39 Å². The number of hydrogen-bond acceptors (Lipinski definition) is 3. The van der Waals surface area contributed by atoms with E-state index in [1.165, 1.54) is 11.0 Å². The van der Waals surface area contributed by atoms with Crippen molar-refractivity contribution in [1.29, 1.82) is 0 Å². The minimum atomic E-state index is -0.758. The summed E-state index contributed by atoms with van der Waals surface area (Å²) in [5, 5.41) is 2.71. The number of para-hydroxylation sites is 1. The molecule has 0 bridgehead atoms. The van der Waals surface area contributed by atoms with Gasteiger partial charge < -0.3 is 15.0 Å². The zero-order valence-electron chi connectivity index (χ0n) is 17.4. The summed E-state index contributed by atoms with van der Waals surface area (Å²) in [6.45, 7) is 7.73. The number of carbonyl (C=O) groups excluding carboxylic acids is 2. The Bertz CT molecular complexity index is 838. The molecule has 6 heteroatoms. The molecule has 0 fully saturated rings. The molecule has 1 atom stereocenters. The highest BCUT2D eigenvalue weighted by Crippen LogP contribution is 2.26. The van der Waals surface area contributed by atoms with Crippen LogP contribution in [0.4, 0.5) is 4.39 Å². The summed E-state index contributed by atoms with van der Waals surface area (Å²) in [6.07, 6.45) is 0. The molecule has 2 rings (SSSR count). The molecule has 0 saturated carbocycles. The monoisotopic (exact) mass is 400 g/mol. The smallest absolute Gasteiger partial charge is 0.261 e. The summed E-state index contributed by atoms with van der Waals surface area (Å²) in [5.74, 6) is -0.220. The van der Waals surface area contributed by atoms with E-state index in [1.807, 2.05) is 38.1 Å². The van der Waals surface area contributed by atoms with Crippen molar-refractivity contribution >= 4 is 11.8 Å². The SMILES string of the molecule is CCNC(=O)C(C)N(Cc1ccccc1F)C(=O)COc1ccccc1C(C)C. The van der Waals surface area contributed by atoms with Crippen LogP contribution in [0.15, 0.2) is 48.5 Å². The lowest BCUT2D eigenvalue weighted by Gasteiger charge is -2.29. The van der Waals surface area contributed by atoms with Crippen molar-refractivity contribution in [2.45, 2.75) is 46.2 Å². The Labute approximate surface area is 171 Å². The van der Waals surface area contributed by atoms with Crippen LogP contribution in [0.3, 0.4) is 0 Å². The number of ether oxygens (including phenoxy) is 1. The van der Waals surface area contributed by atoms with Gasteiger partial charge in [-0.2, -0.15) is 0 Å². The van der Waals surface area contributed by atoms with Crippen molar-refractivity contribution in [3.63, 3.8) is 0 Å². The number of hydrogen-bond donors (Lipinski definition) is 1. The zero-order valence-corrected chi connectivity index (χ0v) is 17.4. The Morgan fingerprint density at radius 1 is 1.07 bits per heavy atom. The number of benzene rings is 2. The van der Waals surface area contributed by atoms with Gasteiger partial charge in [-0.3, -0.25) is 9.59 Å². The average Bonchev–Trinajstić information content (AvgIpc) is 2.71. The van der Waals surface area contributed by atoms with E-state index in [0.29, 0.717) is 17.9 Å². The van der Waals surface area contributed by atoms with Crippen molar-refractivity contribution in [2.24, 2.45) is 0 Å². The average molecular weight is 400 g/mol. The second-order valence-corrected chi connectivity index (χ2v) is 7.16. The van der Waals surface area contributed by atoms with Gasteiger partial charge in [-0.15, -0.1) is 0 Å². The number of nitrogens with one attached hydrogen (secondary N) is 1. The molecule has 0 aromatic heterocycles. The molecule has 0 aliphatic heterocycles. The number of carbonyl (C=O) groups is 2. The Morgan fingerprint density at radius 3 is 2.38 bits per heavy atom. The quantitative estimate of drug-likeness (QED) is 0.695. The van der Waals surface area contributed by atoms with Crippen LogP contribution in [0.25, 0.3) is 0 Å². The van der Waals surface area contributed by atoms with Crippen LogP contribution in [0.1, 0.15) is 44.7 Å². The van der Waals surface area contributed by atoms with Crippen molar-refractivity contribution in [3.05, 3.63) is 65.5 Å². The Kier molecular flexibility index (Phi) is 8.19. The highest BCUT2D eigenvalue weighted by atomic mass is 19.1. The normalized spacial score (nSPS) is 11.8. The first kappa shape index (κ1) is 22.4. The summed E-state index contributed by atoms with van der Waals surface area (Å²) in [6, 6.07) is 13.0. The van der Waals surface area contributed by atoms with E-state index in [2.05, 4.69) is 5.32 Å². The van der Waals surface area contributed by atoms with Crippen LogP contribution in [0.2, 0.25) is 0 Å². The van der Waals surface area contributed by atoms with E-state index in [0.717, 1.165) is 5.56 Å². The second-order valence-electron chi connectivity index (χ2n) is 7.16. The number of halogens is 1. The molecule has 0 aliphatic carbocycles. The van der Waals surface area contributed by atoms with E-state index in [-0.39, 0.29) is 30.9 Å². The van der Waals surface area contributed by atoms with E-state index < -0.39 is 11.9 Å². The fourth-order valence-electron chi connectivity index (χ4n) is 3.03. The third kappa shape index (κ3) is 6.04. The minimum absolute atomic E-state index is 0.0149. The maximum Gasteiger partial charge on any atom is 0.261 e. The Morgan fingerprint density at radius 2 is 1.72 bits per heavy atom. The summed E-state index contributed by atoms with van der Waals surface area (Å²) in [4.78, 5) is 26.7. The summed E-state index contributed by atoms with van der Waals surface area (Å²) < 4.78 is 19.9. The van der Waals surface area contributed by atoms with Crippen LogP contribution < -0.4 is 10.1 Å². The van der Waals surface area contributed by atoms with Gasteiger partial charge in [0, 0.05) is 18.7 Å². The van der Waals surface area contributed by atoms with Gasteiger partial charge in [-0.05, 0) is 37.5 Å². The predicted octanol–water partition coefficient (Wildman–Crippen LogP) is 3.88. The molecule has 0 heterocycles. The fourth-order valence-corrected chi connectivity index (χ4v) is 3.03. The third-order valence-electron chi connectivity index (χ3n) is 4.71. The number of likely N-dealkylation sites (N-methyl/N-ethyl adjacent to an activating group) is 1. The first-order chi connectivity index (χ1) is 13.8. The van der Waals surface area contributed by atoms with Gasteiger partial charge in [0.2, 0.25) is 5.91 Å². The van der Waals surface area contributed by atoms with Crippen molar-refractivity contribution in [1.82, 2.24) is 10.2 Å². The summed E-state index contributed by atoms with van der Waals surface area (Å²) in [7, 11) is 0. The first-order valence-corrected chi connectivity index (χ1v) is 9.87. The molecule has 0 aliphatic rings. The van der Waals surface area contributed by atoms with Gasteiger partial charge in [0.25, 0.3) is 5.91 Å². The highest BCUT2D eigenvalue weighted by molar-refractivity contribution is 5.87. The van der Waals surface area contributed by atoms with Crippen LogP contribution in [0.5, 0.6) is 5.75 Å². The molecule has 29 heavy (non-hydrogen) atoms. The van der Waals surface area contributed by atoms with Crippen LogP contribution >= 0.6 is 0 Å². The Hall–Kier alpha value is -2.89. The van der Waals surface area contributed by atoms with E-state index in [1.54, 1.807) is 32.0 Å². The fraction of sp³-hybridized carbons (Fsp3) is 0.391. The molecular formula is C23H29FN2O3. The lowest BCUT2D eigenvalue weighted by Crippen LogP contribution is -2.49. The second kappa shape index (κ2) is 10.6. The standard InChI is InChI=1S/C23H29FN2O3/c1-5-25-23(28)17(4)26(14-18-10-6-8-12-20(18)24)22(27)15-29-21-13-9-7-11-19(21)16(2)3/h6-13,16-17H,5,14-15H2,1-4H3,(H,25,28). The van der Waals surface area contributed by atoms with Crippen molar-refractivity contribution in [2.75, 3.05) is 13.2 Å².